The van der Waals surface area contributed by atoms with Crippen LogP contribution in [0.5, 0.6) is 11.5 Å². The van der Waals surface area contributed by atoms with Crippen LogP contribution in [0, 0.1) is 5.82 Å². The molecule has 21 heavy (non-hydrogen) atoms. The molecule has 0 aromatic heterocycles. The second kappa shape index (κ2) is 7.31. The minimum atomic E-state index is -0.241. The zero-order chi connectivity index (χ0) is 15.2. The summed E-state index contributed by atoms with van der Waals surface area (Å²) in [5.74, 6) is 1.10. The van der Waals surface area contributed by atoms with Gasteiger partial charge in [0.25, 0.3) is 0 Å². The molecule has 0 radical (unpaired) electrons. The summed E-state index contributed by atoms with van der Waals surface area (Å²) >= 11 is 3.24. The van der Waals surface area contributed by atoms with Crippen molar-refractivity contribution in [3.63, 3.8) is 0 Å². The molecule has 0 bridgehead atoms. The van der Waals surface area contributed by atoms with Crippen molar-refractivity contribution in [2.24, 2.45) is 0 Å². The summed E-state index contributed by atoms with van der Waals surface area (Å²) in [4.78, 5) is 0. The van der Waals surface area contributed by atoms with E-state index in [1.54, 1.807) is 13.2 Å². The van der Waals surface area contributed by atoms with Gasteiger partial charge in [-0.25, -0.2) is 4.39 Å². The van der Waals surface area contributed by atoms with Gasteiger partial charge >= 0.3 is 0 Å². The number of hydrogen-bond acceptors (Lipinski definition) is 3. The van der Waals surface area contributed by atoms with Crippen molar-refractivity contribution < 1.29 is 13.9 Å². The molecule has 112 valence electrons. The zero-order valence-corrected chi connectivity index (χ0v) is 13.5. The van der Waals surface area contributed by atoms with Gasteiger partial charge in [-0.15, -0.1) is 0 Å². The number of nitrogens with one attached hydrogen (secondary N) is 1. The lowest BCUT2D eigenvalue weighted by molar-refractivity contribution is 0.311. The fourth-order valence-electron chi connectivity index (χ4n) is 1.91. The average molecular weight is 354 g/mol. The molecule has 1 N–H and O–H groups in total. The third kappa shape index (κ3) is 4.11. The normalized spacial score (nSPS) is 10.3. The first-order chi connectivity index (χ1) is 10.1. The highest BCUT2D eigenvalue weighted by atomic mass is 79.9. The molecular weight excluding hydrogens is 337 g/mol. The maximum absolute atomic E-state index is 13.7. The number of anilines is 1. The topological polar surface area (TPSA) is 30.5 Å². The number of methoxy groups -OCH3 is 1. The van der Waals surface area contributed by atoms with E-state index in [1.807, 2.05) is 31.2 Å². The molecule has 0 aliphatic rings. The molecule has 3 nitrogen and oxygen atoms in total. The summed E-state index contributed by atoms with van der Waals surface area (Å²) in [7, 11) is 1.59. The van der Waals surface area contributed by atoms with Crippen molar-refractivity contribution in [3.05, 3.63) is 52.3 Å². The average Bonchev–Trinajstić information content (AvgIpc) is 2.47. The first-order valence-corrected chi connectivity index (χ1v) is 7.42. The van der Waals surface area contributed by atoms with Gasteiger partial charge in [0, 0.05) is 28.3 Å². The Kier molecular flexibility index (Phi) is 5.44. The SMILES string of the molecule is CCOc1ccc(NCc2ccc(Br)cc2F)cc1OC. The quantitative estimate of drug-likeness (QED) is 0.822. The van der Waals surface area contributed by atoms with Crippen molar-refractivity contribution in [1.82, 2.24) is 0 Å². The maximum Gasteiger partial charge on any atom is 0.162 e. The van der Waals surface area contributed by atoms with Crippen LogP contribution < -0.4 is 14.8 Å². The molecule has 0 spiro atoms. The van der Waals surface area contributed by atoms with Crippen LogP contribution in [0.25, 0.3) is 0 Å². The van der Waals surface area contributed by atoms with Gasteiger partial charge in [-0.2, -0.15) is 0 Å². The number of ether oxygens (including phenoxy) is 2. The van der Waals surface area contributed by atoms with Crippen LogP contribution in [0.2, 0.25) is 0 Å². The minimum Gasteiger partial charge on any atom is -0.493 e. The van der Waals surface area contributed by atoms with E-state index in [1.165, 1.54) is 6.07 Å². The van der Waals surface area contributed by atoms with E-state index in [2.05, 4.69) is 21.2 Å². The van der Waals surface area contributed by atoms with E-state index in [0.717, 1.165) is 10.2 Å². The number of benzene rings is 2. The molecule has 0 saturated heterocycles. The first-order valence-electron chi connectivity index (χ1n) is 6.62. The summed E-state index contributed by atoms with van der Waals surface area (Å²) in [5, 5.41) is 3.17. The van der Waals surface area contributed by atoms with Crippen molar-refractivity contribution in [2.75, 3.05) is 19.0 Å². The van der Waals surface area contributed by atoms with Crippen molar-refractivity contribution in [1.29, 1.82) is 0 Å². The smallest absolute Gasteiger partial charge is 0.162 e. The van der Waals surface area contributed by atoms with E-state index in [4.69, 9.17) is 9.47 Å². The maximum atomic E-state index is 13.7. The summed E-state index contributed by atoms with van der Waals surface area (Å²) in [6, 6.07) is 10.6. The third-order valence-electron chi connectivity index (χ3n) is 2.96. The summed E-state index contributed by atoms with van der Waals surface area (Å²) < 4.78 is 25.2. The highest BCUT2D eigenvalue weighted by Crippen LogP contribution is 2.30. The van der Waals surface area contributed by atoms with Crippen molar-refractivity contribution in [2.45, 2.75) is 13.5 Å². The lowest BCUT2D eigenvalue weighted by Gasteiger charge is -2.12. The van der Waals surface area contributed by atoms with Gasteiger partial charge in [-0.3, -0.25) is 0 Å². The molecule has 0 amide bonds. The van der Waals surface area contributed by atoms with E-state index < -0.39 is 0 Å². The molecule has 0 aliphatic heterocycles. The molecule has 0 unspecified atom stereocenters. The minimum absolute atomic E-state index is 0.241. The Bertz CT molecular complexity index is 619. The van der Waals surface area contributed by atoms with Gasteiger partial charge in [-0.1, -0.05) is 22.0 Å². The van der Waals surface area contributed by atoms with Gasteiger partial charge < -0.3 is 14.8 Å². The second-order valence-electron chi connectivity index (χ2n) is 4.39. The largest absolute Gasteiger partial charge is 0.493 e. The standard InChI is InChI=1S/C16H17BrFNO2/c1-3-21-15-7-6-13(9-16(15)20-2)19-10-11-4-5-12(17)8-14(11)18/h4-9,19H,3,10H2,1-2H3. The van der Waals surface area contributed by atoms with Crippen LogP contribution in [0.1, 0.15) is 12.5 Å². The monoisotopic (exact) mass is 353 g/mol. The summed E-state index contributed by atoms with van der Waals surface area (Å²) in [6.07, 6.45) is 0. The number of rotatable bonds is 6. The molecule has 2 aromatic rings. The van der Waals surface area contributed by atoms with Crippen LogP contribution in [-0.4, -0.2) is 13.7 Å². The Morgan fingerprint density at radius 1 is 1.14 bits per heavy atom. The molecular formula is C16H17BrFNO2. The van der Waals surface area contributed by atoms with Crippen LogP contribution in [0.3, 0.4) is 0 Å². The predicted molar refractivity (Wildman–Crippen MR) is 85.6 cm³/mol. The molecule has 5 heteroatoms. The van der Waals surface area contributed by atoms with Crippen LogP contribution in [-0.2, 0) is 6.54 Å². The molecule has 0 saturated carbocycles. The zero-order valence-electron chi connectivity index (χ0n) is 12.0. The summed E-state index contributed by atoms with van der Waals surface area (Å²) in [6.45, 7) is 2.89. The van der Waals surface area contributed by atoms with E-state index in [-0.39, 0.29) is 5.82 Å². The Balaban J connectivity index is 2.09. The fourth-order valence-corrected chi connectivity index (χ4v) is 2.25. The Morgan fingerprint density at radius 2 is 1.95 bits per heavy atom. The van der Waals surface area contributed by atoms with Crippen LogP contribution >= 0.6 is 15.9 Å². The van der Waals surface area contributed by atoms with Gasteiger partial charge in [0.2, 0.25) is 0 Å². The third-order valence-corrected chi connectivity index (χ3v) is 3.45. The van der Waals surface area contributed by atoms with Gasteiger partial charge in [0.05, 0.1) is 13.7 Å². The van der Waals surface area contributed by atoms with Crippen LogP contribution in [0.4, 0.5) is 10.1 Å². The van der Waals surface area contributed by atoms with Crippen molar-refractivity contribution in [3.8, 4) is 11.5 Å². The predicted octanol–water partition coefficient (Wildman–Crippen LogP) is 4.61. The van der Waals surface area contributed by atoms with Crippen LogP contribution in [0.15, 0.2) is 40.9 Å². The molecule has 0 aliphatic carbocycles. The van der Waals surface area contributed by atoms with Gasteiger partial charge in [0.15, 0.2) is 11.5 Å². The Labute approximate surface area is 132 Å². The van der Waals surface area contributed by atoms with E-state index in [0.29, 0.717) is 30.2 Å². The highest BCUT2D eigenvalue weighted by molar-refractivity contribution is 9.10. The molecule has 0 fully saturated rings. The first kappa shape index (κ1) is 15.6. The van der Waals surface area contributed by atoms with Gasteiger partial charge in [0.1, 0.15) is 5.82 Å². The molecule has 2 rings (SSSR count). The fraction of sp³-hybridized carbons (Fsp3) is 0.250. The summed E-state index contributed by atoms with van der Waals surface area (Å²) in [5.41, 5.74) is 1.45. The second-order valence-corrected chi connectivity index (χ2v) is 5.30. The van der Waals surface area contributed by atoms with E-state index >= 15 is 0 Å². The number of hydrogen-bond donors (Lipinski definition) is 1. The Morgan fingerprint density at radius 3 is 2.62 bits per heavy atom. The van der Waals surface area contributed by atoms with Crippen molar-refractivity contribution >= 4 is 21.6 Å². The Hall–Kier alpha value is -1.75. The molecule has 0 atom stereocenters. The highest BCUT2D eigenvalue weighted by Gasteiger charge is 2.06. The van der Waals surface area contributed by atoms with Gasteiger partial charge in [-0.05, 0) is 31.2 Å². The molecule has 2 aromatic carbocycles. The lowest BCUT2D eigenvalue weighted by atomic mass is 10.2. The lowest BCUT2D eigenvalue weighted by Crippen LogP contribution is -2.02. The molecule has 0 heterocycles. The van der Waals surface area contributed by atoms with E-state index in [9.17, 15) is 4.39 Å². The number of halogens is 2.